The summed E-state index contributed by atoms with van der Waals surface area (Å²) in [6.07, 6.45) is 1.89. The largest absolute Gasteiger partial charge is 0.497 e. The Labute approximate surface area is 179 Å². The summed E-state index contributed by atoms with van der Waals surface area (Å²) < 4.78 is 10.8. The second-order valence-electron chi connectivity index (χ2n) is 7.55. The van der Waals surface area contributed by atoms with Gasteiger partial charge in [-0.25, -0.2) is 0 Å². The molecule has 0 saturated carbocycles. The van der Waals surface area contributed by atoms with E-state index in [-0.39, 0.29) is 0 Å². The summed E-state index contributed by atoms with van der Waals surface area (Å²) >= 11 is 0. The standard InChI is InChI=1S/C26H29N2O2/c1-19(20(2)15-22-16-25(29-3)18-26(17-22)30-4)14-21-10-12-24(13-11-21)28-27-23-8-6-5-7-9-23/h5-13,16-18,20H,14-15H2,1-4H3. The summed E-state index contributed by atoms with van der Waals surface area (Å²) in [5.41, 5.74) is 4.21. The fourth-order valence-electron chi connectivity index (χ4n) is 3.30. The van der Waals surface area contributed by atoms with Gasteiger partial charge in [-0.15, -0.1) is 0 Å². The molecule has 0 saturated heterocycles. The number of ether oxygens (including phenoxy) is 2. The van der Waals surface area contributed by atoms with Crippen molar-refractivity contribution in [2.24, 2.45) is 16.1 Å². The van der Waals surface area contributed by atoms with Gasteiger partial charge >= 0.3 is 0 Å². The van der Waals surface area contributed by atoms with Crippen molar-refractivity contribution in [3.63, 3.8) is 0 Å². The maximum atomic E-state index is 5.39. The molecular formula is C26H29N2O2. The third-order valence-corrected chi connectivity index (χ3v) is 5.25. The van der Waals surface area contributed by atoms with Crippen LogP contribution in [0.25, 0.3) is 0 Å². The smallest absolute Gasteiger partial charge is 0.122 e. The molecule has 3 aromatic carbocycles. The highest BCUT2D eigenvalue weighted by Crippen LogP contribution is 2.28. The van der Waals surface area contributed by atoms with Gasteiger partial charge in [0.25, 0.3) is 0 Å². The predicted octanol–water partition coefficient (Wildman–Crippen LogP) is 7.13. The Morgan fingerprint density at radius 2 is 1.33 bits per heavy atom. The minimum atomic E-state index is 0.444. The molecule has 4 nitrogen and oxygen atoms in total. The van der Waals surface area contributed by atoms with Gasteiger partial charge in [-0.2, -0.15) is 10.2 Å². The second kappa shape index (κ2) is 10.6. The first-order valence-corrected chi connectivity index (χ1v) is 10.2. The molecule has 0 spiro atoms. The van der Waals surface area contributed by atoms with Crippen molar-refractivity contribution in [1.82, 2.24) is 0 Å². The van der Waals surface area contributed by atoms with E-state index in [1.165, 1.54) is 17.0 Å². The van der Waals surface area contributed by atoms with Crippen molar-refractivity contribution in [2.45, 2.75) is 26.7 Å². The molecule has 1 unspecified atom stereocenters. The van der Waals surface area contributed by atoms with E-state index in [1.54, 1.807) is 14.2 Å². The number of nitrogens with zero attached hydrogens (tertiary/aromatic N) is 2. The summed E-state index contributed by atoms with van der Waals surface area (Å²) in [5.74, 6) is 3.54. The molecule has 0 aromatic heterocycles. The second-order valence-corrected chi connectivity index (χ2v) is 7.55. The molecule has 0 aliphatic rings. The quantitative estimate of drug-likeness (QED) is 0.358. The van der Waals surface area contributed by atoms with Crippen molar-refractivity contribution < 1.29 is 9.47 Å². The van der Waals surface area contributed by atoms with Crippen LogP contribution in [0.4, 0.5) is 11.4 Å². The molecule has 3 aromatic rings. The number of benzene rings is 3. The van der Waals surface area contributed by atoms with Crippen LogP contribution in [0, 0.1) is 11.8 Å². The lowest BCUT2D eigenvalue weighted by molar-refractivity contribution is 0.392. The number of hydrogen-bond acceptors (Lipinski definition) is 4. The minimum absolute atomic E-state index is 0.444. The van der Waals surface area contributed by atoms with E-state index in [0.29, 0.717) is 5.92 Å². The summed E-state index contributed by atoms with van der Waals surface area (Å²) in [5, 5.41) is 8.58. The molecule has 0 N–H and O–H groups in total. The van der Waals surface area contributed by atoms with Crippen molar-refractivity contribution in [1.29, 1.82) is 0 Å². The molecule has 4 heteroatoms. The van der Waals surface area contributed by atoms with E-state index in [1.807, 2.05) is 48.5 Å². The first kappa shape index (κ1) is 21.6. The van der Waals surface area contributed by atoms with Crippen LogP contribution in [0.15, 0.2) is 83.0 Å². The van der Waals surface area contributed by atoms with Gasteiger partial charge in [0, 0.05) is 6.07 Å². The summed E-state index contributed by atoms with van der Waals surface area (Å²) in [7, 11) is 3.37. The van der Waals surface area contributed by atoms with Gasteiger partial charge in [0.2, 0.25) is 0 Å². The van der Waals surface area contributed by atoms with Gasteiger partial charge < -0.3 is 9.47 Å². The van der Waals surface area contributed by atoms with Crippen molar-refractivity contribution in [2.75, 3.05) is 14.2 Å². The Kier molecular flexibility index (Phi) is 7.61. The maximum Gasteiger partial charge on any atom is 0.122 e. The van der Waals surface area contributed by atoms with E-state index in [4.69, 9.17) is 9.47 Å². The molecule has 1 radical (unpaired) electrons. The average Bonchev–Trinajstić information content (AvgIpc) is 2.78. The summed E-state index contributed by atoms with van der Waals surface area (Å²) in [4.78, 5) is 0. The SMILES string of the molecule is COc1cc(CC(C)[C](C)Cc2ccc(N=Nc3ccccc3)cc2)cc(OC)c1. The highest BCUT2D eigenvalue weighted by Gasteiger charge is 2.15. The lowest BCUT2D eigenvalue weighted by Crippen LogP contribution is -2.12. The summed E-state index contributed by atoms with van der Waals surface area (Å²) in [6.45, 7) is 4.49. The normalized spacial score (nSPS) is 12.3. The Hall–Kier alpha value is -3.14. The number of rotatable bonds is 9. The van der Waals surface area contributed by atoms with E-state index in [0.717, 1.165) is 35.7 Å². The molecule has 0 aliphatic heterocycles. The first-order chi connectivity index (χ1) is 14.6. The van der Waals surface area contributed by atoms with Crippen LogP contribution < -0.4 is 9.47 Å². The third kappa shape index (κ3) is 6.18. The van der Waals surface area contributed by atoms with Crippen molar-refractivity contribution in [3.8, 4) is 11.5 Å². The van der Waals surface area contributed by atoms with E-state index < -0.39 is 0 Å². The molecule has 30 heavy (non-hydrogen) atoms. The molecule has 0 fully saturated rings. The maximum absolute atomic E-state index is 5.39. The molecule has 3 rings (SSSR count). The molecule has 0 aliphatic carbocycles. The average molecular weight is 402 g/mol. The molecule has 0 bridgehead atoms. The van der Waals surface area contributed by atoms with Crippen LogP contribution in [-0.2, 0) is 12.8 Å². The van der Waals surface area contributed by atoms with Crippen LogP contribution in [-0.4, -0.2) is 14.2 Å². The zero-order valence-corrected chi connectivity index (χ0v) is 18.1. The Balaban J connectivity index is 1.58. The Morgan fingerprint density at radius 3 is 1.90 bits per heavy atom. The fourth-order valence-corrected chi connectivity index (χ4v) is 3.30. The number of methoxy groups -OCH3 is 2. The summed E-state index contributed by atoms with van der Waals surface area (Å²) in [6, 6.07) is 24.1. The minimum Gasteiger partial charge on any atom is -0.497 e. The number of azo groups is 1. The van der Waals surface area contributed by atoms with Crippen LogP contribution in [0.5, 0.6) is 11.5 Å². The monoisotopic (exact) mass is 401 g/mol. The highest BCUT2D eigenvalue weighted by atomic mass is 16.5. The first-order valence-electron chi connectivity index (χ1n) is 10.2. The lowest BCUT2D eigenvalue weighted by Gasteiger charge is -2.20. The number of hydrogen-bond donors (Lipinski definition) is 0. The van der Waals surface area contributed by atoms with Crippen LogP contribution >= 0.6 is 0 Å². The van der Waals surface area contributed by atoms with Gasteiger partial charge in [0.05, 0.1) is 25.6 Å². The zero-order chi connectivity index (χ0) is 21.3. The van der Waals surface area contributed by atoms with Crippen molar-refractivity contribution >= 4 is 11.4 Å². The zero-order valence-electron chi connectivity index (χ0n) is 18.1. The van der Waals surface area contributed by atoms with E-state index >= 15 is 0 Å². The van der Waals surface area contributed by atoms with Gasteiger partial charge in [-0.05, 0) is 72.2 Å². The topological polar surface area (TPSA) is 43.2 Å². The van der Waals surface area contributed by atoms with E-state index in [2.05, 4.69) is 48.3 Å². The van der Waals surface area contributed by atoms with Gasteiger partial charge in [0.1, 0.15) is 11.5 Å². The Morgan fingerprint density at radius 1 is 0.767 bits per heavy atom. The van der Waals surface area contributed by atoms with Crippen LogP contribution in [0.3, 0.4) is 0 Å². The third-order valence-electron chi connectivity index (χ3n) is 5.25. The molecular weight excluding hydrogens is 372 g/mol. The molecule has 155 valence electrons. The fraction of sp³-hybridized carbons (Fsp3) is 0.269. The Bertz CT molecular complexity index is 930. The van der Waals surface area contributed by atoms with Crippen molar-refractivity contribution in [3.05, 3.63) is 89.8 Å². The molecule has 0 amide bonds. The van der Waals surface area contributed by atoms with Gasteiger partial charge in [-0.1, -0.05) is 44.2 Å². The highest BCUT2D eigenvalue weighted by molar-refractivity contribution is 5.42. The van der Waals surface area contributed by atoms with Crippen LogP contribution in [0.1, 0.15) is 25.0 Å². The predicted molar refractivity (Wildman–Crippen MR) is 122 cm³/mol. The molecule has 0 heterocycles. The van der Waals surface area contributed by atoms with Gasteiger partial charge in [-0.3, -0.25) is 0 Å². The molecule has 1 atom stereocenters. The van der Waals surface area contributed by atoms with E-state index in [9.17, 15) is 0 Å². The van der Waals surface area contributed by atoms with Gasteiger partial charge in [0.15, 0.2) is 0 Å². The van der Waals surface area contributed by atoms with Crippen LogP contribution in [0.2, 0.25) is 0 Å². The lowest BCUT2D eigenvalue weighted by atomic mass is 9.85.